The lowest BCUT2D eigenvalue weighted by atomic mass is 10.1. The Labute approximate surface area is 152 Å². The first-order chi connectivity index (χ1) is 12.6. The maximum absolute atomic E-state index is 8.88. The van der Waals surface area contributed by atoms with E-state index in [9.17, 15) is 0 Å². The fourth-order valence-electron chi connectivity index (χ4n) is 2.61. The summed E-state index contributed by atoms with van der Waals surface area (Å²) in [6, 6.07) is 15.0. The molecule has 0 fully saturated rings. The molecule has 0 aliphatic heterocycles. The van der Waals surface area contributed by atoms with Gasteiger partial charge in [0, 0.05) is 18.7 Å². The second-order valence-corrected chi connectivity index (χ2v) is 5.70. The normalized spacial score (nSPS) is 10.2. The SMILES string of the molecule is COc1ccc(N(C)Cc2ncc(-c3ccc(C#N)cc3)o2)c(OC)c1. The van der Waals surface area contributed by atoms with Crippen molar-refractivity contribution in [2.24, 2.45) is 0 Å². The molecule has 0 radical (unpaired) electrons. The van der Waals surface area contributed by atoms with Crippen LogP contribution in [0.15, 0.2) is 53.1 Å². The molecule has 0 aliphatic carbocycles. The third-order valence-electron chi connectivity index (χ3n) is 4.02. The van der Waals surface area contributed by atoms with E-state index in [0.29, 0.717) is 29.5 Å². The van der Waals surface area contributed by atoms with Crippen LogP contribution in [0.25, 0.3) is 11.3 Å². The standard InChI is InChI=1S/C20H19N3O3/c1-23(17-9-8-16(24-2)10-18(17)25-3)13-20-22-12-19(26-20)15-6-4-14(11-21)5-7-15/h4-10,12H,13H2,1-3H3. The summed E-state index contributed by atoms with van der Waals surface area (Å²) in [5.74, 6) is 2.70. The van der Waals surface area contributed by atoms with Crippen molar-refractivity contribution in [2.45, 2.75) is 6.54 Å². The molecule has 2 aromatic carbocycles. The van der Waals surface area contributed by atoms with Crippen LogP contribution in [0.4, 0.5) is 5.69 Å². The van der Waals surface area contributed by atoms with Crippen molar-refractivity contribution in [3.8, 4) is 28.9 Å². The molecular formula is C20H19N3O3. The van der Waals surface area contributed by atoms with Crippen molar-refractivity contribution in [2.75, 3.05) is 26.2 Å². The van der Waals surface area contributed by atoms with Crippen LogP contribution >= 0.6 is 0 Å². The van der Waals surface area contributed by atoms with E-state index in [-0.39, 0.29) is 0 Å². The first-order valence-electron chi connectivity index (χ1n) is 8.03. The van der Waals surface area contributed by atoms with Crippen LogP contribution < -0.4 is 14.4 Å². The zero-order valence-corrected chi connectivity index (χ0v) is 14.9. The first kappa shape index (κ1) is 17.4. The maximum Gasteiger partial charge on any atom is 0.214 e. The Morgan fingerprint density at radius 3 is 2.54 bits per heavy atom. The van der Waals surface area contributed by atoms with Crippen LogP contribution in [-0.4, -0.2) is 26.3 Å². The van der Waals surface area contributed by atoms with Gasteiger partial charge in [-0.05, 0) is 36.4 Å². The van der Waals surface area contributed by atoms with Crippen molar-refractivity contribution >= 4 is 5.69 Å². The number of rotatable bonds is 6. The van der Waals surface area contributed by atoms with Crippen LogP contribution in [0.5, 0.6) is 11.5 Å². The molecule has 6 nitrogen and oxygen atoms in total. The van der Waals surface area contributed by atoms with Gasteiger partial charge in [-0.1, -0.05) is 0 Å². The number of methoxy groups -OCH3 is 2. The van der Waals surface area contributed by atoms with E-state index >= 15 is 0 Å². The summed E-state index contributed by atoms with van der Waals surface area (Å²) in [5, 5.41) is 8.88. The Morgan fingerprint density at radius 2 is 1.88 bits per heavy atom. The molecule has 1 aromatic heterocycles. The Kier molecular flexibility index (Phi) is 5.09. The van der Waals surface area contributed by atoms with Gasteiger partial charge < -0.3 is 18.8 Å². The fourth-order valence-corrected chi connectivity index (χ4v) is 2.61. The van der Waals surface area contributed by atoms with Crippen LogP contribution in [0.2, 0.25) is 0 Å². The van der Waals surface area contributed by atoms with Gasteiger partial charge in [-0.2, -0.15) is 5.26 Å². The summed E-state index contributed by atoms with van der Waals surface area (Å²) >= 11 is 0. The van der Waals surface area contributed by atoms with E-state index in [2.05, 4.69) is 11.1 Å². The molecule has 0 bridgehead atoms. The molecule has 26 heavy (non-hydrogen) atoms. The van der Waals surface area contributed by atoms with Crippen molar-refractivity contribution < 1.29 is 13.9 Å². The molecular weight excluding hydrogens is 330 g/mol. The van der Waals surface area contributed by atoms with Gasteiger partial charge in [-0.3, -0.25) is 0 Å². The van der Waals surface area contributed by atoms with Crippen LogP contribution in [-0.2, 0) is 6.54 Å². The number of aromatic nitrogens is 1. The van der Waals surface area contributed by atoms with Gasteiger partial charge >= 0.3 is 0 Å². The lowest BCUT2D eigenvalue weighted by Gasteiger charge is -2.20. The van der Waals surface area contributed by atoms with Gasteiger partial charge in [0.2, 0.25) is 5.89 Å². The van der Waals surface area contributed by atoms with Gasteiger partial charge in [-0.25, -0.2) is 4.98 Å². The molecule has 3 rings (SSSR count). The summed E-state index contributed by atoms with van der Waals surface area (Å²) in [6.45, 7) is 0.485. The summed E-state index contributed by atoms with van der Waals surface area (Å²) < 4.78 is 16.5. The van der Waals surface area contributed by atoms with Gasteiger partial charge in [0.15, 0.2) is 5.76 Å². The zero-order chi connectivity index (χ0) is 18.5. The minimum atomic E-state index is 0.485. The van der Waals surface area contributed by atoms with E-state index in [1.165, 1.54) is 0 Å². The molecule has 3 aromatic rings. The predicted molar refractivity (Wildman–Crippen MR) is 98.3 cm³/mol. The largest absolute Gasteiger partial charge is 0.497 e. The van der Waals surface area contributed by atoms with Gasteiger partial charge in [0.1, 0.15) is 11.5 Å². The molecule has 0 amide bonds. The smallest absolute Gasteiger partial charge is 0.214 e. The number of ether oxygens (including phenoxy) is 2. The Morgan fingerprint density at radius 1 is 1.12 bits per heavy atom. The van der Waals surface area contributed by atoms with Gasteiger partial charge in [-0.15, -0.1) is 0 Å². The molecule has 132 valence electrons. The second-order valence-electron chi connectivity index (χ2n) is 5.70. The highest BCUT2D eigenvalue weighted by Gasteiger charge is 2.13. The quantitative estimate of drug-likeness (QED) is 0.673. The summed E-state index contributed by atoms with van der Waals surface area (Å²) in [6.07, 6.45) is 1.69. The minimum Gasteiger partial charge on any atom is -0.497 e. The first-order valence-corrected chi connectivity index (χ1v) is 8.03. The summed E-state index contributed by atoms with van der Waals surface area (Å²) in [4.78, 5) is 6.34. The Bertz CT molecular complexity index is 926. The number of hydrogen-bond donors (Lipinski definition) is 0. The third-order valence-corrected chi connectivity index (χ3v) is 4.02. The van der Waals surface area contributed by atoms with Crippen molar-refractivity contribution in [1.29, 1.82) is 5.26 Å². The maximum atomic E-state index is 8.88. The molecule has 0 N–H and O–H groups in total. The van der Waals surface area contributed by atoms with Crippen LogP contribution in [0, 0.1) is 11.3 Å². The Hall–Kier alpha value is -3.46. The number of oxazole rings is 1. The number of hydrogen-bond acceptors (Lipinski definition) is 6. The lowest BCUT2D eigenvalue weighted by molar-refractivity contribution is 0.394. The molecule has 0 atom stereocenters. The van der Waals surface area contributed by atoms with E-state index in [0.717, 1.165) is 17.0 Å². The fraction of sp³-hybridized carbons (Fsp3) is 0.200. The lowest BCUT2D eigenvalue weighted by Crippen LogP contribution is -2.17. The van der Waals surface area contributed by atoms with Crippen molar-refractivity contribution in [3.63, 3.8) is 0 Å². The van der Waals surface area contributed by atoms with Gasteiger partial charge in [0.25, 0.3) is 0 Å². The highest BCUT2D eigenvalue weighted by molar-refractivity contribution is 5.61. The molecule has 0 saturated carbocycles. The van der Waals surface area contributed by atoms with Gasteiger partial charge in [0.05, 0.1) is 44.3 Å². The number of nitriles is 1. The van der Waals surface area contributed by atoms with E-state index < -0.39 is 0 Å². The number of anilines is 1. The van der Waals surface area contributed by atoms with Crippen LogP contribution in [0.3, 0.4) is 0 Å². The van der Waals surface area contributed by atoms with E-state index in [1.54, 1.807) is 32.5 Å². The molecule has 0 spiro atoms. The Balaban J connectivity index is 1.77. The molecule has 1 heterocycles. The molecule has 0 unspecified atom stereocenters. The summed E-state index contributed by atoms with van der Waals surface area (Å²) in [5.41, 5.74) is 2.40. The average molecular weight is 349 g/mol. The highest BCUT2D eigenvalue weighted by atomic mass is 16.5. The monoisotopic (exact) mass is 349 g/mol. The van der Waals surface area contributed by atoms with E-state index in [1.807, 2.05) is 42.3 Å². The van der Waals surface area contributed by atoms with Crippen LogP contribution in [0.1, 0.15) is 11.5 Å². The summed E-state index contributed by atoms with van der Waals surface area (Å²) in [7, 11) is 5.19. The van der Waals surface area contributed by atoms with Crippen molar-refractivity contribution in [1.82, 2.24) is 4.98 Å². The predicted octanol–water partition coefficient (Wildman–Crippen LogP) is 3.87. The number of nitrogens with zero attached hydrogens (tertiary/aromatic N) is 3. The molecule has 0 saturated heterocycles. The number of benzene rings is 2. The molecule has 6 heteroatoms. The highest BCUT2D eigenvalue weighted by Crippen LogP contribution is 2.32. The topological polar surface area (TPSA) is 71.5 Å². The average Bonchev–Trinajstić information content (AvgIpc) is 3.15. The third kappa shape index (κ3) is 3.62. The zero-order valence-electron chi connectivity index (χ0n) is 14.9. The second kappa shape index (κ2) is 7.62. The van der Waals surface area contributed by atoms with E-state index in [4.69, 9.17) is 19.2 Å². The minimum absolute atomic E-state index is 0.485. The molecule has 0 aliphatic rings. The van der Waals surface area contributed by atoms with Crippen molar-refractivity contribution in [3.05, 3.63) is 60.1 Å².